The van der Waals surface area contributed by atoms with Crippen molar-refractivity contribution < 1.29 is 9.15 Å². The van der Waals surface area contributed by atoms with Gasteiger partial charge in [-0.25, -0.2) is 9.97 Å². The van der Waals surface area contributed by atoms with Crippen LogP contribution in [-0.4, -0.2) is 24.5 Å². The predicted molar refractivity (Wildman–Crippen MR) is 90.9 cm³/mol. The maximum Gasteiger partial charge on any atom is 0.244 e. The number of hydrogen-bond acceptors (Lipinski definition) is 7. The van der Waals surface area contributed by atoms with Gasteiger partial charge in [0, 0.05) is 12.4 Å². The third kappa shape index (κ3) is 3.14. The zero-order valence-electron chi connectivity index (χ0n) is 13.6. The summed E-state index contributed by atoms with van der Waals surface area (Å²) in [6.45, 7) is 2.57. The van der Waals surface area contributed by atoms with Gasteiger partial charge in [-0.05, 0) is 25.1 Å². The normalized spacial score (nSPS) is 11.1. The Hall–Kier alpha value is -3.42. The largest absolute Gasteiger partial charge is 0.466 e. The molecule has 0 spiro atoms. The lowest BCUT2D eigenvalue weighted by Crippen LogP contribution is -2.06. The topological polar surface area (TPSA) is 105 Å². The van der Waals surface area contributed by atoms with E-state index >= 15 is 0 Å². The molecule has 0 saturated heterocycles. The number of pyridine rings is 1. The number of nitrogens with zero attached hydrogens (tertiary/aromatic N) is 5. The molecule has 25 heavy (non-hydrogen) atoms. The molecule has 8 nitrogen and oxygen atoms in total. The lowest BCUT2D eigenvalue weighted by atomic mass is 10.3. The van der Waals surface area contributed by atoms with Crippen LogP contribution in [0.5, 0.6) is 5.88 Å². The summed E-state index contributed by atoms with van der Waals surface area (Å²) in [5.41, 5.74) is 8.18. The molecule has 8 heteroatoms. The number of aryl methyl sites for hydroxylation is 1. The molecule has 126 valence electrons. The van der Waals surface area contributed by atoms with Crippen LogP contribution in [0, 0.1) is 6.92 Å². The number of fused-ring (bicyclic) bond motifs is 1. The number of ether oxygens (including phenoxy) is 1. The van der Waals surface area contributed by atoms with E-state index in [4.69, 9.17) is 14.9 Å². The second-order valence-corrected chi connectivity index (χ2v) is 5.54. The lowest BCUT2D eigenvalue weighted by molar-refractivity contribution is 0.253. The summed E-state index contributed by atoms with van der Waals surface area (Å²) in [5, 5.41) is 0. The summed E-state index contributed by atoms with van der Waals surface area (Å²) in [6.07, 6.45) is 5.32. The van der Waals surface area contributed by atoms with Crippen molar-refractivity contribution in [1.82, 2.24) is 24.5 Å². The van der Waals surface area contributed by atoms with Crippen LogP contribution >= 0.6 is 0 Å². The van der Waals surface area contributed by atoms with Gasteiger partial charge in [-0.3, -0.25) is 4.98 Å². The molecule has 0 aliphatic rings. The van der Waals surface area contributed by atoms with Crippen molar-refractivity contribution in [2.24, 2.45) is 0 Å². The molecule has 0 unspecified atom stereocenters. The first-order valence-corrected chi connectivity index (χ1v) is 7.75. The van der Waals surface area contributed by atoms with Crippen molar-refractivity contribution in [3.63, 3.8) is 0 Å². The summed E-state index contributed by atoms with van der Waals surface area (Å²) in [7, 11) is 0. The Kier molecular flexibility index (Phi) is 3.77. The van der Waals surface area contributed by atoms with Crippen molar-refractivity contribution in [1.29, 1.82) is 0 Å². The van der Waals surface area contributed by atoms with E-state index in [2.05, 4.69) is 19.9 Å². The van der Waals surface area contributed by atoms with Gasteiger partial charge in [0.1, 0.15) is 11.3 Å². The van der Waals surface area contributed by atoms with Crippen LogP contribution in [0.1, 0.15) is 17.3 Å². The summed E-state index contributed by atoms with van der Waals surface area (Å²) >= 11 is 0. The lowest BCUT2D eigenvalue weighted by Gasteiger charge is -2.09. The highest BCUT2D eigenvalue weighted by molar-refractivity contribution is 5.81. The van der Waals surface area contributed by atoms with Gasteiger partial charge in [-0.15, -0.1) is 0 Å². The van der Waals surface area contributed by atoms with E-state index in [1.54, 1.807) is 12.4 Å². The molecule has 0 aliphatic heterocycles. The molecule has 0 bridgehead atoms. The van der Waals surface area contributed by atoms with Crippen LogP contribution in [0.25, 0.3) is 11.0 Å². The van der Waals surface area contributed by atoms with Crippen molar-refractivity contribution in [3.8, 4) is 5.88 Å². The number of hydrogen-bond donors (Lipinski definition) is 1. The molecule has 0 saturated carbocycles. The monoisotopic (exact) mass is 336 g/mol. The Labute approximate surface area is 143 Å². The molecule has 4 aromatic heterocycles. The Morgan fingerprint density at radius 3 is 2.88 bits per heavy atom. The van der Waals surface area contributed by atoms with Gasteiger partial charge in [0.2, 0.25) is 17.7 Å². The first-order valence-electron chi connectivity index (χ1n) is 7.75. The summed E-state index contributed by atoms with van der Waals surface area (Å²) < 4.78 is 13.2. The van der Waals surface area contributed by atoms with Crippen molar-refractivity contribution in [3.05, 3.63) is 60.2 Å². The molecular weight excluding hydrogens is 320 g/mol. The van der Waals surface area contributed by atoms with Crippen LogP contribution in [0.2, 0.25) is 0 Å². The number of nitrogens with two attached hydrogens (primary N) is 1. The highest BCUT2D eigenvalue weighted by Gasteiger charge is 2.14. The first-order chi connectivity index (χ1) is 12.2. The highest BCUT2D eigenvalue weighted by Crippen LogP contribution is 2.26. The molecule has 2 N–H and O–H groups in total. The molecule has 0 aromatic carbocycles. The van der Waals surface area contributed by atoms with Crippen LogP contribution in [0.4, 0.5) is 5.95 Å². The highest BCUT2D eigenvalue weighted by atomic mass is 16.5. The Balaban J connectivity index is 1.68. The molecule has 0 fully saturated rings. The molecule has 4 rings (SSSR count). The van der Waals surface area contributed by atoms with Gasteiger partial charge in [-0.2, -0.15) is 4.98 Å². The zero-order valence-corrected chi connectivity index (χ0v) is 13.6. The van der Waals surface area contributed by atoms with E-state index in [1.807, 2.05) is 42.0 Å². The van der Waals surface area contributed by atoms with E-state index in [9.17, 15) is 0 Å². The van der Waals surface area contributed by atoms with Crippen molar-refractivity contribution in [2.75, 3.05) is 5.73 Å². The van der Waals surface area contributed by atoms with Gasteiger partial charge >= 0.3 is 0 Å². The summed E-state index contributed by atoms with van der Waals surface area (Å²) in [4.78, 5) is 17.0. The Morgan fingerprint density at radius 2 is 2.12 bits per heavy atom. The molecule has 4 aromatic rings. The van der Waals surface area contributed by atoms with Crippen LogP contribution in [-0.2, 0) is 13.2 Å². The van der Waals surface area contributed by atoms with Crippen LogP contribution < -0.4 is 10.5 Å². The van der Waals surface area contributed by atoms with Gasteiger partial charge in [0.25, 0.3) is 0 Å². The summed E-state index contributed by atoms with van der Waals surface area (Å²) in [6, 6.07) is 7.66. The predicted octanol–water partition coefficient (Wildman–Crippen LogP) is 2.33. The minimum absolute atomic E-state index is 0.154. The van der Waals surface area contributed by atoms with Gasteiger partial charge in [0.05, 0.1) is 24.0 Å². The number of anilines is 1. The van der Waals surface area contributed by atoms with Gasteiger partial charge < -0.3 is 19.5 Å². The van der Waals surface area contributed by atoms with E-state index in [0.29, 0.717) is 23.8 Å². The molecule has 4 heterocycles. The quantitative estimate of drug-likeness (QED) is 0.596. The Morgan fingerprint density at radius 1 is 1.20 bits per heavy atom. The average Bonchev–Trinajstić information content (AvgIpc) is 3.20. The average molecular weight is 336 g/mol. The van der Waals surface area contributed by atoms with E-state index < -0.39 is 0 Å². The molecule has 0 amide bonds. The SMILES string of the molecule is Cc1cnc(COc2nc(N)nc3ccn(Cc4ccccn4)c23)o1. The number of rotatable bonds is 5. The minimum atomic E-state index is 0.154. The Bertz CT molecular complexity index is 1010. The van der Waals surface area contributed by atoms with Gasteiger partial charge in [0.15, 0.2) is 6.61 Å². The van der Waals surface area contributed by atoms with Crippen LogP contribution in [0.15, 0.2) is 47.3 Å². The van der Waals surface area contributed by atoms with Gasteiger partial charge in [-0.1, -0.05) is 6.07 Å². The fourth-order valence-electron chi connectivity index (χ4n) is 2.59. The van der Waals surface area contributed by atoms with Crippen molar-refractivity contribution >= 4 is 17.0 Å². The van der Waals surface area contributed by atoms with Crippen molar-refractivity contribution in [2.45, 2.75) is 20.1 Å². The third-order valence-electron chi connectivity index (χ3n) is 3.66. The minimum Gasteiger partial charge on any atom is -0.466 e. The van der Waals surface area contributed by atoms with Crippen LogP contribution in [0.3, 0.4) is 0 Å². The maximum atomic E-state index is 5.81. The fourth-order valence-corrected chi connectivity index (χ4v) is 2.59. The second-order valence-electron chi connectivity index (χ2n) is 5.54. The number of oxazole rings is 1. The maximum absolute atomic E-state index is 5.81. The van der Waals surface area contributed by atoms with E-state index in [-0.39, 0.29) is 12.6 Å². The van der Waals surface area contributed by atoms with E-state index in [1.165, 1.54) is 0 Å². The standard InChI is InChI=1S/C17H16N6O2/c1-11-8-20-14(25-11)10-24-16-15-13(21-17(18)22-16)5-7-23(15)9-12-4-2-3-6-19-12/h2-8H,9-10H2,1H3,(H2,18,21,22). The summed E-state index contributed by atoms with van der Waals surface area (Å²) in [5.74, 6) is 1.75. The molecule has 0 atom stereocenters. The molecular formula is C17H16N6O2. The third-order valence-corrected chi connectivity index (χ3v) is 3.66. The zero-order chi connectivity index (χ0) is 17.2. The second kappa shape index (κ2) is 6.23. The molecule has 0 aliphatic carbocycles. The van der Waals surface area contributed by atoms with E-state index in [0.717, 1.165) is 17.0 Å². The number of aromatic nitrogens is 5. The molecule has 0 radical (unpaired) electrons. The first kappa shape index (κ1) is 15.1. The smallest absolute Gasteiger partial charge is 0.244 e. The number of nitrogen functional groups attached to an aromatic ring is 1. The fraction of sp³-hybridized carbons (Fsp3) is 0.176.